The van der Waals surface area contributed by atoms with E-state index in [1.54, 1.807) is 0 Å². The molecule has 3 heteroatoms. The summed E-state index contributed by atoms with van der Waals surface area (Å²) in [5.74, 6) is 0. The van der Waals surface area contributed by atoms with Gasteiger partial charge in [-0.15, -0.1) is 0 Å². The normalized spacial score (nSPS) is 11.7. The lowest BCUT2D eigenvalue weighted by Gasteiger charge is -2.23. The first kappa shape index (κ1) is 12.7. The fourth-order valence-electron chi connectivity index (χ4n) is 1.08. The van der Waals surface area contributed by atoms with Crippen molar-refractivity contribution in [1.82, 2.24) is 5.32 Å². The predicted molar refractivity (Wildman–Crippen MR) is 66.9 cm³/mol. The van der Waals surface area contributed by atoms with Crippen LogP contribution in [0.2, 0.25) is 0 Å². The molecular formula is C12H18BrNO. The van der Waals surface area contributed by atoms with Crippen LogP contribution in [0.15, 0.2) is 28.7 Å². The summed E-state index contributed by atoms with van der Waals surface area (Å²) in [6.07, 6.45) is 0. The van der Waals surface area contributed by atoms with Crippen molar-refractivity contribution in [1.29, 1.82) is 0 Å². The van der Waals surface area contributed by atoms with Gasteiger partial charge in [0.2, 0.25) is 0 Å². The second kappa shape index (κ2) is 5.64. The lowest BCUT2D eigenvalue weighted by molar-refractivity contribution is 0.0741. The molecule has 0 saturated carbocycles. The van der Waals surface area contributed by atoms with Crippen LogP contribution in [0.1, 0.15) is 19.4 Å². The van der Waals surface area contributed by atoms with E-state index in [4.69, 9.17) is 4.74 Å². The van der Waals surface area contributed by atoms with E-state index in [0.717, 1.165) is 4.47 Å². The maximum atomic E-state index is 5.64. The van der Waals surface area contributed by atoms with E-state index in [-0.39, 0.29) is 5.54 Å². The Morgan fingerprint density at radius 3 is 2.40 bits per heavy atom. The van der Waals surface area contributed by atoms with E-state index >= 15 is 0 Å². The van der Waals surface area contributed by atoms with Crippen molar-refractivity contribution in [2.24, 2.45) is 0 Å². The van der Waals surface area contributed by atoms with Gasteiger partial charge in [-0.2, -0.15) is 0 Å². The highest BCUT2D eigenvalue weighted by atomic mass is 79.9. The summed E-state index contributed by atoms with van der Waals surface area (Å²) in [7, 11) is 1.95. The van der Waals surface area contributed by atoms with Crippen LogP contribution in [-0.4, -0.2) is 19.2 Å². The van der Waals surface area contributed by atoms with Crippen molar-refractivity contribution in [3.8, 4) is 0 Å². The monoisotopic (exact) mass is 271 g/mol. The van der Waals surface area contributed by atoms with Gasteiger partial charge in [0.25, 0.3) is 0 Å². The number of rotatable bonds is 5. The lowest BCUT2D eigenvalue weighted by atomic mass is 10.1. The number of hydrogen-bond donors (Lipinski definition) is 1. The molecule has 0 unspecified atom stereocenters. The number of halogens is 1. The molecule has 0 aliphatic rings. The summed E-state index contributed by atoms with van der Waals surface area (Å²) in [5, 5.41) is 3.20. The first-order valence-electron chi connectivity index (χ1n) is 5.04. The molecule has 0 heterocycles. The average Bonchev–Trinajstić information content (AvgIpc) is 2.21. The SMILES string of the molecule is CNC(C)(C)COCc1ccc(Br)cc1. The maximum absolute atomic E-state index is 5.64. The van der Waals surface area contributed by atoms with E-state index in [2.05, 4.69) is 47.2 Å². The topological polar surface area (TPSA) is 21.3 Å². The van der Waals surface area contributed by atoms with Crippen LogP contribution in [0.4, 0.5) is 0 Å². The van der Waals surface area contributed by atoms with Crippen molar-refractivity contribution in [2.75, 3.05) is 13.7 Å². The van der Waals surface area contributed by atoms with Crippen LogP contribution in [0.25, 0.3) is 0 Å². The molecule has 1 N–H and O–H groups in total. The van der Waals surface area contributed by atoms with E-state index in [1.165, 1.54) is 5.56 Å². The molecule has 0 radical (unpaired) electrons. The minimum atomic E-state index is 0.0371. The van der Waals surface area contributed by atoms with Gasteiger partial charge in [0.15, 0.2) is 0 Å². The molecule has 1 rings (SSSR count). The number of benzene rings is 1. The van der Waals surface area contributed by atoms with Crippen LogP contribution < -0.4 is 5.32 Å². The Bertz CT molecular complexity index is 295. The highest BCUT2D eigenvalue weighted by molar-refractivity contribution is 9.10. The standard InChI is InChI=1S/C12H18BrNO/c1-12(2,14-3)9-15-8-10-4-6-11(13)7-5-10/h4-7,14H,8-9H2,1-3H3. The van der Waals surface area contributed by atoms with Gasteiger partial charge in [-0.1, -0.05) is 28.1 Å². The van der Waals surface area contributed by atoms with Crippen molar-refractivity contribution in [2.45, 2.75) is 26.0 Å². The fraction of sp³-hybridized carbons (Fsp3) is 0.500. The molecule has 0 aliphatic carbocycles. The quantitative estimate of drug-likeness (QED) is 0.889. The molecule has 84 valence electrons. The van der Waals surface area contributed by atoms with Crippen LogP contribution in [0.5, 0.6) is 0 Å². The fourth-order valence-corrected chi connectivity index (χ4v) is 1.34. The van der Waals surface area contributed by atoms with Gasteiger partial charge >= 0.3 is 0 Å². The summed E-state index contributed by atoms with van der Waals surface area (Å²) in [6.45, 7) is 5.61. The number of nitrogens with one attached hydrogen (secondary N) is 1. The van der Waals surface area contributed by atoms with Gasteiger partial charge < -0.3 is 10.1 Å². The molecular weight excluding hydrogens is 254 g/mol. The first-order chi connectivity index (χ1) is 7.03. The summed E-state index contributed by atoms with van der Waals surface area (Å²) in [6, 6.07) is 8.19. The summed E-state index contributed by atoms with van der Waals surface area (Å²) in [5.41, 5.74) is 1.24. The first-order valence-corrected chi connectivity index (χ1v) is 5.84. The van der Waals surface area contributed by atoms with Gasteiger partial charge in [-0.25, -0.2) is 0 Å². The zero-order valence-electron chi connectivity index (χ0n) is 9.51. The van der Waals surface area contributed by atoms with E-state index in [0.29, 0.717) is 13.2 Å². The van der Waals surface area contributed by atoms with Gasteiger partial charge in [-0.05, 0) is 38.6 Å². The van der Waals surface area contributed by atoms with Gasteiger partial charge in [0.05, 0.1) is 13.2 Å². The third-order valence-electron chi connectivity index (χ3n) is 2.32. The van der Waals surface area contributed by atoms with Crippen LogP contribution in [-0.2, 0) is 11.3 Å². The largest absolute Gasteiger partial charge is 0.375 e. The third kappa shape index (κ3) is 4.78. The maximum Gasteiger partial charge on any atom is 0.0717 e. The Morgan fingerprint density at radius 1 is 1.27 bits per heavy atom. The molecule has 2 nitrogen and oxygen atoms in total. The Balaban J connectivity index is 2.35. The minimum absolute atomic E-state index is 0.0371. The van der Waals surface area contributed by atoms with E-state index in [9.17, 15) is 0 Å². The van der Waals surface area contributed by atoms with Crippen molar-refractivity contribution >= 4 is 15.9 Å². The second-order valence-corrected chi connectivity index (χ2v) is 5.17. The third-order valence-corrected chi connectivity index (χ3v) is 2.85. The van der Waals surface area contributed by atoms with Crippen LogP contribution >= 0.6 is 15.9 Å². The molecule has 0 bridgehead atoms. The van der Waals surface area contributed by atoms with E-state index < -0.39 is 0 Å². The molecule has 15 heavy (non-hydrogen) atoms. The number of ether oxygens (including phenoxy) is 1. The lowest BCUT2D eigenvalue weighted by Crippen LogP contribution is -2.40. The molecule has 0 fully saturated rings. The average molecular weight is 272 g/mol. The van der Waals surface area contributed by atoms with Crippen molar-refractivity contribution in [3.63, 3.8) is 0 Å². The molecule has 0 atom stereocenters. The second-order valence-electron chi connectivity index (χ2n) is 4.25. The molecule has 0 amide bonds. The Hall–Kier alpha value is -0.380. The van der Waals surface area contributed by atoms with Crippen LogP contribution in [0, 0.1) is 0 Å². The van der Waals surface area contributed by atoms with Gasteiger partial charge in [-0.3, -0.25) is 0 Å². The minimum Gasteiger partial charge on any atom is -0.375 e. The molecule has 0 aromatic heterocycles. The van der Waals surface area contributed by atoms with Gasteiger partial charge in [0, 0.05) is 10.0 Å². The molecule has 0 aliphatic heterocycles. The van der Waals surface area contributed by atoms with Crippen molar-refractivity contribution < 1.29 is 4.74 Å². The highest BCUT2D eigenvalue weighted by Gasteiger charge is 2.14. The number of hydrogen-bond acceptors (Lipinski definition) is 2. The van der Waals surface area contributed by atoms with E-state index in [1.807, 2.05) is 19.2 Å². The Kier molecular flexibility index (Phi) is 4.77. The summed E-state index contributed by atoms with van der Waals surface area (Å²) >= 11 is 3.41. The van der Waals surface area contributed by atoms with Crippen LogP contribution in [0.3, 0.4) is 0 Å². The molecule has 0 saturated heterocycles. The number of likely N-dealkylation sites (N-methyl/N-ethyl adjacent to an activating group) is 1. The summed E-state index contributed by atoms with van der Waals surface area (Å²) in [4.78, 5) is 0. The Labute approximate surface area is 100 Å². The smallest absolute Gasteiger partial charge is 0.0717 e. The molecule has 1 aromatic carbocycles. The zero-order valence-corrected chi connectivity index (χ0v) is 11.1. The molecule has 1 aromatic rings. The zero-order chi connectivity index (χ0) is 11.3. The predicted octanol–water partition coefficient (Wildman–Crippen LogP) is 2.96. The summed E-state index contributed by atoms with van der Waals surface area (Å²) < 4.78 is 6.74. The van der Waals surface area contributed by atoms with Crippen molar-refractivity contribution in [3.05, 3.63) is 34.3 Å². The molecule has 0 spiro atoms. The Morgan fingerprint density at radius 2 is 1.87 bits per heavy atom. The van der Waals surface area contributed by atoms with Gasteiger partial charge in [0.1, 0.15) is 0 Å². The highest BCUT2D eigenvalue weighted by Crippen LogP contribution is 2.12.